The summed E-state index contributed by atoms with van der Waals surface area (Å²) >= 11 is 0. The second kappa shape index (κ2) is 7.83. The molecule has 9 heteroatoms. The number of aromatic nitrogens is 3. The zero-order chi connectivity index (χ0) is 19.4. The van der Waals surface area contributed by atoms with Crippen molar-refractivity contribution in [2.45, 2.75) is 44.5 Å². The first-order valence-electron chi connectivity index (χ1n) is 8.77. The summed E-state index contributed by atoms with van der Waals surface area (Å²) in [5.74, 6) is 0.650. The van der Waals surface area contributed by atoms with Gasteiger partial charge in [0.25, 0.3) is 5.91 Å². The molecule has 2 heterocycles. The maximum absolute atomic E-state index is 13.9. The fourth-order valence-electron chi connectivity index (χ4n) is 2.29. The summed E-state index contributed by atoms with van der Waals surface area (Å²) in [7, 11) is 0. The molecule has 0 bridgehead atoms. The summed E-state index contributed by atoms with van der Waals surface area (Å²) in [6.07, 6.45) is 4.95. The Morgan fingerprint density at radius 1 is 1.37 bits per heavy atom. The molecule has 1 saturated carbocycles. The molecule has 0 spiro atoms. The van der Waals surface area contributed by atoms with E-state index in [-0.39, 0.29) is 6.54 Å². The summed E-state index contributed by atoms with van der Waals surface area (Å²) < 4.78 is 13.9. The smallest absolute Gasteiger partial charge is 0.255 e. The predicted molar refractivity (Wildman–Crippen MR) is 99.7 cm³/mol. The van der Waals surface area contributed by atoms with Crippen molar-refractivity contribution in [3.8, 4) is 0 Å². The minimum Gasteiger partial charge on any atom is -0.387 e. The van der Waals surface area contributed by atoms with Gasteiger partial charge in [0.2, 0.25) is 0 Å². The van der Waals surface area contributed by atoms with Gasteiger partial charge in [0.05, 0.1) is 23.4 Å². The molecule has 27 heavy (non-hydrogen) atoms. The van der Waals surface area contributed by atoms with Crippen LogP contribution in [0.1, 0.15) is 37.0 Å². The number of hydrogen-bond donors (Lipinski definition) is 4. The average molecular weight is 374 g/mol. The number of anilines is 3. The predicted octanol–water partition coefficient (Wildman–Crippen LogP) is 2.03. The summed E-state index contributed by atoms with van der Waals surface area (Å²) in [5, 5.41) is 18.5. The number of halogens is 1. The number of alkyl halides is 1. The second-order valence-corrected chi connectivity index (χ2v) is 7.08. The van der Waals surface area contributed by atoms with Crippen LogP contribution < -0.4 is 16.0 Å². The summed E-state index contributed by atoms with van der Waals surface area (Å²) in [4.78, 5) is 24.7. The van der Waals surface area contributed by atoms with Crippen molar-refractivity contribution in [2.75, 3.05) is 17.2 Å². The molecule has 8 nitrogen and oxygen atoms in total. The van der Waals surface area contributed by atoms with Gasteiger partial charge in [-0.25, -0.2) is 19.3 Å². The van der Waals surface area contributed by atoms with Crippen LogP contribution in [0.25, 0.3) is 0 Å². The monoisotopic (exact) mass is 374 g/mol. The van der Waals surface area contributed by atoms with Gasteiger partial charge in [-0.2, -0.15) is 0 Å². The molecule has 144 valence electrons. The van der Waals surface area contributed by atoms with Crippen molar-refractivity contribution >= 4 is 23.2 Å². The van der Waals surface area contributed by atoms with Crippen LogP contribution in [0.2, 0.25) is 0 Å². The lowest BCUT2D eigenvalue weighted by molar-refractivity contribution is -0.00177. The van der Waals surface area contributed by atoms with Crippen LogP contribution in [-0.2, 0) is 0 Å². The first-order valence-corrected chi connectivity index (χ1v) is 8.77. The quantitative estimate of drug-likeness (QED) is 0.559. The van der Waals surface area contributed by atoms with E-state index in [0.717, 1.165) is 12.8 Å². The molecule has 1 aliphatic rings. The lowest BCUT2D eigenvalue weighted by Gasteiger charge is -2.22. The third-order valence-corrected chi connectivity index (χ3v) is 4.13. The van der Waals surface area contributed by atoms with E-state index in [2.05, 4.69) is 30.9 Å². The maximum atomic E-state index is 13.9. The molecule has 1 amide bonds. The lowest BCUT2D eigenvalue weighted by atomic mass is 10.0. The van der Waals surface area contributed by atoms with E-state index in [1.165, 1.54) is 26.4 Å². The zero-order valence-electron chi connectivity index (χ0n) is 15.2. The van der Waals surface area contributed by atoms with Gasteiger partial charge >= 0.3 is 0 Å². The number of nitrogens with zero attached hydrogens (tertiary/aromatic N) is 3. The van der Waals surface area contributed by atoms with E-state index in [4.69, 9.17) is 0 Å². The fraction of sp³-hybridized carbons (Fsp3) is 0.444. The van der Waals surface area contributed by atoms with Crippen molar-refractivity contribution in [3.05, 3.63) is 36.4 Å². The maximum Gasteiger partial charge on any atom is 0.255 e. The Hall–Kier alpha value is -2.81. The highest BCUT2D eigenvalue weighted by Crippen LogP contribution is 2.28. The number of rotatable bonds is 8. The van der Waals surface area contributed by atoms with Gasteiger partial charge in [0.15, 0.2) is 0 Å². The van der Waals surface area contributed by atoms with E-state index in [9.17, 15) is 14.3 Å². The highest BCUT2D eigenvalue weighted by atomic mass is 19.1. The van der Waals surface area contributed by atoms with Gasteiger partial charge in [-0.3, -0.25) is 4.79 Å². The number of carbonyl (C=O) groups is 1. The summed E-state index contributed by atoms with van der Waals surface area (Å²) in [5.41, 5.74) is -0.593. The van der Waals surface area contributed by atoms with Crippen molar-refractivity contribution < 1.29 is 14.3 Å². The molecular formula is C18H23FN6O2. The molecular weight excluding hydrogens is 351 g/mol. The van der Waals surface area contributed by atoms with Gasteiger partial charge in [0.1, 0.15) is 24.1 Å². The Kier molecular flexibility index (Phi) is 5.50. The molecule has 0 saturated heterocycles. The molecule has 0 radical (unpaired) electrons. The number of hydrogen-bond acceptors (Lipinski definition) is 7. The van der Waals surface area contributed by atoms with Crippen LogP contribution >= 0.6 is 0 Å². The highest BCUT2D eigenvalue weighted by molar-refractivity contribution is 6.00. The fourth-order valence-corrected chi connectivity index (χ4v) is 2.29. The van der Waals surface area contributed by atoms with Gasteiger partial charge in [-0.15, -0.1) is 0 Å². The standard InChI is InChI=1S/C18H23FN6O2/c1-18(2,27)14(19)9-22-17(26)12-8-21-16(7-13(12)24-11-3-4-11)25-15-5-6-20-10-23-15/h5-8,10-11,14,27H,3-4,9H2,1-2H3,(H,22,26)(H2,20,21,23,24,25). The molecule has 3 rings (SSSR count). The minimum absolute atomic E-state index is 0.286. The molecule has 4 N–H and O–H groups in total. The molecule has 2 aromatic heterocycles. The Morgan fingerprint density at radius 2 is 2.15 bits per heavy atom. The third kappa shape index (κ3) is 5.33. The van der Waals surface area contributed by atoms with Crippen LogP contribution in [0.4, 0.5) is 21.7 Å². The van der Waals surface area contributed by atoms with Crippen molar-refractivity contribution in [2.24, 2.45) is 0 Å². The number of pyridine rings is 1. The lowest BCUT2D eigenvalue weighted by Crippen LogP contribution is -2.42. The van der Waals surface area contributed by atoms with E-state index >= 15 is 0 Å². The molecule has 1 unspecified atom stereocenters. The van der Waals surface area contributed by atoms with Crippen molar-refractivity contribution in [1.82, 2.24) is 20.3 Å². The molecule has 1 aliphatic carbocycles. The van der Waals surface area contributed by atoms with Gasteiger partial charge in [-0.05, 0) is 32.8 Å². The number of nitrogens with one attached hydrogen (secondary N) is 3. The van der Waals surface area contributed by atoms with Gasteiger partial charge in [0, 0.05) is 24.5 Å². The third-order valence-electron chi connectivity index (χ3n) is 4.13. The average Bonchev–Trinajstić information content (AvgIpc) is 3.43. The van der Waals surface area contributed by atoms with Crippen LogP contribution in [0.15, 0.2) is 30.9 Å². The van der Waals surface area contributed by atoms with E-state index in [1.54, 1.807) is 18.3 Å². The molecule has 0 aliphatic heterocycles. The normalized spacial score (nSPS) is 15.1. The number of carbonyl (C=O) groups excluding carboxylic acids is 1. The van der Waals surface area contributed by atoms with Crippen LogP contribution in [0, 0.1) is 0 Å². The highest BCUT2D eigenvalue weighted by Gasteiger charge is 2.28. The zero-order valence-corrected chi connectivity index (χ0v) is 15.2. The largest absolute Gasteiger partial charge is 0.387 e. The van der Waals surface area contributed by atoms with E-state index < -0.39 is 17.7 Å². The van der Waals surface area contributed by atoms with Crippen molar-refractivity contribution in [3.63, 3.8) is 0 Å². The molecule has 2 aromatic rings. The van der Waals surface area contributed by atoms with Crippen LogP contribution in [0.3, 0.4) is 0 Å². The minimum atomic E-state index is -1.58. The Balaban J connectivity index is 1.74. The second-order valence-electron chi connectivity index (χ2n) is 7.08. The topological polar surface area (TPSA) is 112 Å². The first kappa shape index (κ1) is 19.0. The Bertz CT molecular complexity index is 792. The van der Waals surface area contributed by atoms with Gasteiger partial charge < -0.3 is 21.1 Å². The SMILES string of the molecule is CC(C)(O)C(F)CNC(=O)c1cnc(Nc2ccncn2)cc1NC1CC1. The Morgan fingerprint density at radius 3 is 2.78 bits per heavy atom. The Labute approximate surface area is 156 Å². The van der Waals surface area contributed by atoms with Crippen LogP contribution in [-0.4, -0.2) is 50.3 Å². The molecule has 1 fully saturated rings. The molecule has 0 aromatic carbocycles. The van der Waals surface area contributed by atoms with Crippen molar-refractivity contribution in [1.29, 1.82) is 0 Å². The molecule has 1 atom stereocenters. The summed E-state index contributed by atoms with van der Waals surface area (Å²) in [6.45, 7) is 2.43. The summed E-state index contributed by atoms with van der Waals surface area (Å²) in [6, 6.07) is 3.74. The van der Waals surface area contributed by atoms with E-state index in [0.29, 0.717) is 28.9 Å². The first-order chi connectivity index (χ1) is 12.8. The van der Waals surface area contributed by atoms with E-state index in [1.807, 2.05) is 0 Å². The van der Waals surface area contributed by atoms with Crippen LogP contribution in [0.5, 0.6) is 0 Å². The number of aliphatic hydroxyl groups is 1. The number of amides is 1. The van der Waals surface area contributed by atoms with Gasteiger partial charge in [-0.1, -0.05) is 0 Å².